The smallest absolute Gasteiger partial charge is 0.0967 e. The van der Waals surface area contributed by atoms with Gasteiger partial charge in [0.15, 0.2) is 0 Å². The Balaban J connectivity index is 1.76. The minimum absolute atomic E-state index is 0.0678. The molecule has 0 spiro atoms. The zero-order valence-electron chi connectivity index (χ0n) is 11.7. The Kier molecular flexibility index (Phi) is 5.46. The molecule has 102 valence electrons. The van der Waals surface area contributed by atoms with Gasteiger partial charge in [-0.05, 0) is 45.1 Å². The van der Waals surface area contributed by atoms with E-state index in [9.17, 15) is 5.26 Å². The van der Waals surface area contributed by atoms with E-state index < -0.39 is 0 Å². The number of rotatable bonds is 6. The van der Waals surface area contributed by atoms with Crippen LogP contribution in [0.5, 0.6) is 0 Å². The minimum Gasteiger partial charge on any atom is -0.300 e. The Morgan fingerprint density at radius 3 is 2.78 bits per heavy atom. The van der Waals surface area contributed by atoms with Crippen molar-refractivity contribution < 1.29 is 0 Å². The number of hydrogen-bond acceptors (Lipinski definition) is 3. The summed E-state index contributed by atoms with van der Waals surface area (Å²) >= 11 is 0. The van der Waals surface area contributed by atoms with Crippen molar-refractivity contribution in [2.24, 2.45) is 0 Å². The fourth-order valence-electron chi connectivity index (χ4n) is 3.01. The third kappa shape index (κ3) is 4.26. The van der Waals surface area contributed by atoms with Crippen LogP contribution in [0.4, 0.5) is 0 Å². The molecule has 0 bridgehead atoms. The van der Waals surface area contributed by atoms with E-state index in [0.717, 1.165) is 19.0 Å². The molecular weight excluding hydrogens is 222 g/mol. The van der Waals surface area contributed by atoms with Gasteiger partial charge < -0.3 is 4.90 Å². The van der Waals surface area contributed by atoms with Crippen LogP contribution in [0.15, 0.2) is 0 Å². The van der Waals surface area contributed by atoms with E-state index in [2.05, 4.69) is 23.2 Å². The number of nitrogens with zero attached hydrogens (tertiary/aromatic N) is 2. The fourth-order valence-corrected chi connectivity index (χ4v) is 3.01. The van der Waals surface area contributed by atoms with Crippen LogP contribution in [0.3, 0.4) is 0 Å². The summed E-state index contributed by atoms with van der Waals surface area (Å²) in [6.07, 6.45) is 10.2. The van der Waals surface area contributed by atoms with Crippen molar-refractivity contribution >= 4 is 0 Å². The van der Waals surface area contributed by atoms with Crippen LogP contribution < -0.4 is 5.32 Å². The lowest BCUT2D eigenvalue weighted by Gasteiger charge is -2.29. The summed E-state index contributed by atoms with van der Waals surface area (Å²) < 4.78 is 0. The molecule has 0 aromatic heterocycles. The van der Waals surface area contributed by atoms with Gasteiger partial charge in [-0.1, -0.05) is 19.8 Å². The maximum Gasteiger partial charge on any atom is 0.0967 e. The molecule has 3 nitrogen and oxygen atoms in total. The van der Waals surface area contributed by atoms with Gasteiger partial charge in [-0.3, -0.25) is 5.32 Å². The molecule has 2 unspecified atom stereocenters. The highest BCUT2D eigenvalue weighted by Gasteiger charge is 2.25. The van der Waals surface area contributed by atoms with Gasteiger partial charge in [0.05, 0.1) is 12.1 Å². The fraction of sp³-hybridized carbons (Fsp3) is 0.933. The van der Waals surface area contributed by atoms with Crippen molar-refractivity contribution in [3.05, 3.63) is 0 Å². The number of nitriles is 1. The van der Waals surface area contributed by atoms with Gasteiger partial charge in [0.1, 0.15) is 0 Å². The van der Waals surface area contributed by atoms with Gasteiger partial charge in [0.2, 0.25) is 0 Å². The summed E-state index contributed by atoms with van der Waals surface area (Å²) in [6, 6.07) is 3.89. The highest BCUT2D eigenvalue weighted by atomic mass is 15.2. The Morgan fingerprint density at radius 1 is 1.28 bits per heavy atom. The van der Waals surface area contributed by atoms with Gasteiger partial charge in [0.25, 0.3) is 0 Å². The number of nitrogens with one attached hydrogen (secondary N) is 1. The van der Waals surface area contributed by atoms with E-state index in [1.807, 2.05) is 0 Å². The molecule has 2 fully saturated rings. The molecule has 2 atom stereocenters. The van der Waals surface area contributed by atoms with Gasteiger partial charge >= 0.3 is 0 Å². The van der Waals surface area contributed by atoms with E-state index >= 15 is 0 Å². The summed E-state index contributed by atoms with van der Waals surface area (Å²) in [5.74, 6) is 0. The predicted molar refractivity (Wildman–Crippen MR) is 74.3 cm³/mol. The van der Waals surface area contributed by atoms with Crippen LogP contribution in [0.25, 0.3) is 0 Å². The maximum absolute atomic E-state index is 9.18. The average molecular weight is 249 g/mol. The van der Waals surface area contributed by atoms with Gasteiger partial charge in [-0.2, -0.15) is 5.26 Å². The average Bonchev–Trinajstić information content (AvgIpc) is 3.21. The largest absolute Gasteiger partial charge is 0.300 e. The van der Waals surface area contributed by atoms with Crippen molar-refractivity contribution in [3.8, 4) is 6.07 Å². The Morgan fingerprint density at radius 2 is 2.11 bits per heavy atom. The normalized spacial score (nSPS) is 27.4. The van der Waals surface area contributed by atoms with Crippen molar-refractivity contribution in [2.45, 2.75) is 76.4 Å². The Labute approximate surface area is 112 Å². The van der Waals surface area contributed by atoms with E-state index in [-0.39, 0.29) is 6.04 Å². The lowest BCUT2D eigenvalue weighted by Crippen LogP contribution is -2.39. The molecule has 1 aliphatic carbocycles. The van der Waals surface area contributed by atoms with E-state index in [0.29, 0.717) is 6.04 Å². The Hall–Kier alpha value is -0.590. The summed E-state index contributed by atoms with van der Waals surface area (Å²) in [4.78, 5) is 2.63. The second-order valence-corrected chi connectivity index (χ2v) is 5.86. The molecule has 1 heterocycles. The van der Waals surface area contributed by atoms with Gasteiger partial charge in [0, 0.05) is 18.6 Å². The second-order valence-electron chi connectivity index (χ2n) is 5.86. The first-order valence-electron chi connectivity index (χ1n) is 7.73. The Bertz CT molecular complexity index is 280. The second kappa shape index (κ2) is 7.11. The summed E-state index contributed by atoms with van der Waals surface area (Å²) in [6.45, 7) is 4.63. The standard InChI is InChI=1S/C15H27N3/c1-2-15-6-4-3-5-10-18(15)11-9-14(12-16)17-13-7-8-13/h13-15,17H,2-11H2,1H3. The summed E-state index contributed by atoms with van der Waals surface area (Å²) in [5, 5.41) is 12.6. The number of likely N-dealkylation sites (tertiary alicyclic amines) is 1. The van der Waals surface area contributed by atoms with Crippen molar-refractivity contribution in [1.82, 2.24) is 10.2 Å². The molecule has 0 aromatic rings. The van der Waals surface area contributed by atoms with Crippen LogP contribution in [0.1, 0.15) is 58.3 Å². The molecule has 18 heavy (non-hydrogen) atoms. The molecule has 3 heteroatoms. The molecule has 0 amide bonds. The van der Waals surface area contributed by atoms with Crippen molar-refractivity contribution in [3.63, 3.8) is 0 Å². The molecule has 1 saturated carbocycles. The summed E-state index contributed by atoms with van der Waals surface area (Å²) in [7, 11) is 0. The molecule has 2 rings (SSSR count). The van der Waals surface area contributed by atoms with Crippen LogP contribution in [-0.2, 0) is 0 Å². The van der Waals surface area contributed by atoms with Gasteiger partial charge in [-0.25, -0.2) is 0 Å². The maximum atomic E-state index is 9.18. The monoisotopic (exact) mass is 249 g/mol. The first kappa shape index (κ1) is 13.8. The molecule has 1 aliphatic heterocycles. The van der Waals surface area contributed by atoms with E-state index in [1.54, 1.807) is 0 Å². The third-order valence-electron chi connectivity index (χ3n) is 4.35. The lowest BCUT2D eigenvalue weighted by atomic mass is 10.1. The van der Waals surface area contributed by atoms with Crippen LogP contribution in [-0.4, -0.2) is 36.1 Å². The zero-order chi connectivity index (χ0) is 12.8. The van der Waals surface area contributed by atoms with Gasteiger partial charge in [-0.15, -0.1) is 0 Å². The zero-order valence-corrected chi connectivity index (χ0v) is 11.7. The first-order valence-corrected chi connectivity index (χ1v) is 7.73. The molecule has 0 radical (unpaired) electrons. The lowest BCUT2D eigenvalue weighted by molar-refractivity contribution is 0.188. The molecular formula is C15H27N3. The SMILES string of the molecule is CCC1CCCCCN1CCC(C#N)NC1CC1. The predicted octanol–water partition coefficient (Wildman–Crippen LogP) is 2.68. The molecule has 1 saturated heterocycles. The minimum atomic E-state index is 0.0678. The summed E-state index contributed by atoms with van der Waals surface area (Å²) in [5.41, 5.74) is 0. The number of hydrogen-bond donors (Lipinski definition) is 1. The molecule has 1 N–H and O–H groups in total. The van der Waals surface area contributed by atoms with Crippen molar-refractivity contribution in [2.75, 3.05) is 13.1 Å². The van der Waals surface area contributed by atoms with Crippen LogP contribution in [0, 0.1) is 11.3 Å². The van der Waals surface area contributed by atoms with E-state index in [1.165, 1.54) is 51.5 Å². The topological polar surface area (TPSA) is 39.1 Å². The molecule has 0 aromatic carbocycles. The van der Waals surface area contributed by atoms with Crippen molar-refractivity contribution in [1.29, 1.82) is 5.26 Å². The van der Waals surface area contributed by atoms with Crippen LogP contribution in [0.2, 0.25) is 0 Å². The highest BCUT2D eigenvalue weighted by molar-refractivity contribution is 4.96. The molecule has 2 aliphatic rings. The quantitative estimate of drug-likeness (QED) is 0.786. The van der Waals surface area contributed by atoms with E-state index in [4.69, 9.17) is 0 Å². The highest BCUT2D eigenvalue weighted by Crippen LogP contribution is 2.21. The first-order chi connectivity index (χ1) is 8.83. The third-order valence-corrected chi connectivity index (χ3v) is 4.35. The van der Waals surface area contributed by atoms with Crippen LogP contribution >= 0.6 is 0 Å².